The van der Waals surface area contributed by atoms with Crippen molar-refractivity contribution in [3.05, 3.63) is 42.0 Å². The molecule has 5 nitrogen and oxygen atoms in total. The summed E-state index contributed by atoms with van der Waals surface area (Å²) in [4.78, 5) is 19.8. The van der Waals surface area contributed by atoms with Crippen LogP contribution >= 0.6 is 0 Å². The van der Waals surface area contributed by atoms with Crippen LogP contribution in [-0.4, -0.2) is 57.0 Å². The third-order valence-electron chi connectivity index (χ3n) is 2.55. The summed E-state index contributed by atoms with van der Waals surface area (Å²) in [6.07, 6.45) is 1.39. The van der Waals surface area contributed by atoms with Crippen LogP contribution in [-0.2, 0) is 9.53 Å². The molecule has 0 atom stereocenters. The predicted molar refractivity (Wildman–Crippen MR) is 81.2 cm³/mol. The highest BCUT2D eigenvalue weighted by Gasteiger charge is 2.09. The van der Waals surface area contributed by atoms with Crippen molar-refractivity contribution in [2.75, 3.05) is 35.3 Å². The zero-order valence-corrected chi connectivity index (χ0v) is 12.6. The Bertz CT molecular complexity index is 495. The lowest BCUT2D eigenvalue weighted by Gasteiger charge is -2.23. The molecule has 0 spiro atoms. The van der Waals surface area contributed by atoms with E-state index in [1.165, 1.54) is 13.2 Å². The Morgan fingerprint density at radius 3 is 2.10 bits per heavy atom. The van der Waals surface area contributed by atoms with Gasteiger partial charge < -0.3 is 14.5 Å². The molecule has 108 valence electrons. The van der Waals surface area contributed by atoms with E-state index in [0.717, 1.165) is 11.5 Å². The SMILES string of the molecule is COC(=O)/C=C(\N=C(N(C)C)N(C)C)c1ccccc1. The van der Waals surface area contributed by atoms with Gasteiger partial charge in [-0.15, -0.1) is 0 Å². The Morgan fingerprint density at radius 2 is 1.65 bits per heavy atom. The van der Waals surface area contributed by atoms with E-state index in [2.05, 4.69) is 4.99 Å². The second-order valence-electron chi connectivity index (χ2n) is 4.62. The van der Waals surface area contributed by atoms with Crippen molar-refractivity contribution in [1.29, 1.82) is 0 Å². The van der Waals surface area contributed by atoms with Crippen LogP contribution in [0.25, 0.3) is 5.70 Å². The molecule has 0 aliphatic heterocycles. The molecule has 1 aromatic rings. The molecule has 0 aromatic heterocycles. The van der Waals surface area contributed by atoms with E-state index in [1.807, 2.05) is 68.3 Å². The molecule has 0 saturated carbocycles. The lowest BCUT2D eigenvalue weighted by molar-refractivity contribution is -0.134. The van der Waals surface area contributed by atoms with Crippen LogP contribution in [0.15, 0.2) is 41.4 Å². The fourth-order valence-electron chi connectivity index (χ4n) is 1.67. The summed E-state index contributed by atoms with van der Waals surface area (Å²) in [6.45, 7) is 0. The fourth-order valence-corrected chi connectivity index (χ4v) is 1.67. The summed E-state index contributed by atoms with van der Waals surface area (Å²) in [5, 5.41) is 0. The first-order valence-corrected chi connectivity index (χ1v) is 6.24. The number of aliphatic imine (C=N–C) groups is 1. The van der Waals surface area contributed by atoms with Crippen LogP contribution in [0.4, 0.5) is 0 Å². The number of benzene rings is 1. The number of carbonyl (C=O) groups is 1. The number of nitrogens with zero attached hydrogens (tertiary/aromatic N) is 3. The minimum atomic E-state index is -0.426. The van der Waals surface area contributed by atoms with Gasteiger partial charge in [0.15, 0.2) is 0 Å². The predicted octanol–water partition coefficient (Wildman–Crippen LogP) is 1.68. The Kier molecular flexibility index (Phi) is 5.77. The third-order valence-corrected chi connectivity index (χ3v) is 2.55. The molecule has 0 aliphatic rings. The van der Waals surface area contributed by atoms with Crippen LogP contribution in [0.3, 0.4) is 0 Å². The standard InChI is InChI=1S/C15H21N3O2/c1-17(2)15(18(3)4)16-13(11-14(19)20-5)12-9-7-6-8-10-12/h6-11H,1-5H3/b13-11-. The topological polar surface area (TPSA) is 45.1 Å². The van der Waals surface area contributed by atoms with E-state index >= 15 is 0 Å². The van der Waals surface area contributed by atoms with Gasteiger partial charge in [0.05, 0.1) is 12.8 Å². The van der Waals surface area contributed by atoms with E-state index in [-0.39, 0.29) is 0 Å². The normalized spacial score (nSPS) is 10.8. The molecule has 0 radical (unpaired) electrons. The van der Waals surface area contributed by atoms with Crippen molar-refractivity contribution in [2.45, 2.75) is 0 Å². The maximum absolute atomic E-state index is 11.5. The van der Waals surface area contributed by atoms with Gasteiger partial charge in [-0.05, 0) is 0 Å². The summed E-state index contributed by atoms with van der Waals surface area (Å²) in [5.74, 6) is 0.313. The number of ether oxygens (including phenoxy) is 1. The lowest BCUT2D eigenvalue weighted by Crippen LogP contribution is -2.35. The van der Waals surface area contributed by atoms with Gasteiger partial charge in [-0.2, -0.15) is 0 Å². The van der Waals surface area contributed by atoms with Gasteiger partial charge in [0.25, 0.3) is 0 Å². The van der Waals surface area contributed by atoms with Gasteiger partial charge >= 0.3 is 5.97 Å². The molecule has 0 saturated heterocycles. The molecule has 20 heavy (non-hydrogen) atoms. The first-order valence-electron chi connectivity index (χ1n) is 6.24. The highest BCUT2D eigenvalue weighted by atomic mass is 16.5. The number of rotatable bonds is 3. The van der Waals surface area contributed by atoms with Crippen LogP contribution in [0.1, 0.15) is 5.56 Å². The fraction of sp³-hybridized carbons (Fsp3) is 0.333. The first kappa shape index (κ1) is 15.8. The number of hydrogen-bond acceptors (Lipinski definition) is 3. The zero-order chi connectivity index (χ0) is 15.1. The Hall–Kier alpha value is -2.30. The monoisotopic (exact) mass is 275 g/mol. The Labute approximate surface area is 120 Å². The summed E-state index contributed by atoms with van der Waals surface area (Å²) >= 11 is 0. The number of methoxy groups -OCH3 is 1. The van der Waals surface area contributed by atoms with Crippen LogP contribution in [0.2, 0.25) is 0 Å². The maximum Gasteiger partial charge on any atom is 0.332 e. The van der Waals surface area contributed by atoms with Gasteiger partial charge in [-0.1, -0.05) is 30.3 Å². The zero-order valence-electron chi connectivity index (χ0n) is 12.6. The first-order chi connectivity index (χ1) is 9.45. The highest BCUT2D eigenvalue weighted by molar-refractivity contribution is 5.94. The summed E-state index contributed by atoms with van der Waals surface area (Å²) < 4.78 is 4.69. The van der Waals surface area contributed by atoms with E-state index in [9.17, 15) is 4.79 Å². The van der Waals surface area contributed by atoms with Crippen LogP contribution < -0.4 is 0 Å². The van der Waals surface area contributed by atoms with Crippen molar-refractivity contribution in [3.63, 3.8) is 0 Å². The van der Waals surface area contributed by atoms with Gasteiger partial charge in [0.1, 0.15) is 0 Å². The van der Waals surface area contributed by atoms with Crippen molar-refractivity contribution >= 4 is 17.6 Å². The number of carbonyl (C=O) groups excluding carboxylic acids is 1. The largest absolute Gasteiger partial charge is 0.466 e. The summed E-state index contributed by atoms with van der Waals surface area (Å²) in [7, 11) is 8.96. The van der Waals surface area contributed by atoms with Crippen molar-refractivity contribution < 1.29 is 9.53 Å². The van der Waals surface area contributed by atoms with E-state index < -0.39 is 5.97 Å². The molecule has 0 bridgehead atoms. The van der Waals surface area contributed by atoms with Crippen molar-refractivity contribution in [3.8, 4) is 0 Å². The van der Waals surface area contributed by atoms with Gasteiger partial charge in [0.2, 0.25) is 5.96 Å². The van der Waals surface area contributed by atoms with Crippen molar-refractivity contribution in [2.24, 2.45) is 4.99 Å². The molecule has 0 N–H and O–H groups in total. The molecule has 0 amide bonds. The molecule has 0 heterocycles. The number of hydrogen-bond donors (Lipinski definition) is 0. The van der Waals surface area contributed by atoms with Gasteiger partial charge in [-0.25, -0.2) is 9.79 Å². The molecule has 0 unspecified atom stereocenters. The molecule has 0 aliphatic carbocycles. The maximum atomic E-state index is 11.5. The Morgan fingerprint density at radius 1 is 1.10 bits per heavy atom. The Balaban J connectivity index is 3.29. The van der Waals surface area contributed by atoms with E-state index in [1.54, 1.807) is 0 Å². The third kappa shape index (κ3) is 4.42. The van der Waals surface area contributed by atoms with Gasteiger partial charge in [0, 0.05) is 39.8 Å². The van der Waals surface area contributed by atoms with Crippen LogP contribution in [0.5, 0.6) is 0 Å². The lowest BCUT2D eigenvalue weighted by atomic mass is 10.1. The van der Waals surface area contributed by atoms with E-state index in [0.29, 0.717) is 5.70 Å². The average molecular weight is 275 g/mol. The minimum Gasteiger partial charge on any atom is -0.466 e. The van der Waals surface area contributed by atoms with Crippen LogP contribution in [0, 0.1) is 0 Å². The molecule has 1 rings (SSSR count). The minimum absolute atomic E-state index is 0.426. The second-order valence-corrected chi connectivity index (χ2v) is 4.62. The second kappa shape index (κ2) is 7.33. The van der Waals surface area contributed by atoms with Gasteiger partial charge in [-0.3, -0.25) is 0 Å². The smallest absolute Gasteiger partial charge is 0.332 e. The number of esters is 1. The molecule has 1 aromatic carbocycles. The summed E-state index contributed by atoms with van der Waals surface area (Å²) in [5.41, 5.74) is 1.42. The number of guanidine groups is 1. The molecule has 0 fully saturated rings. The van der Waals surface area contributed by atoms with Crippen molar-refractivity contribution in [1.82, 2.24) is 9.80 Å². The highest BCUT2D eigenvalue weighted by Crippen LogP contribution is 2.16. The summed E-state index contributed by atoms with van der Waals surface area (Å²) in [6, 6.07) is 9.53. The molecule has 5 heteroatoms. The molecular formula is C15H21N3O2. The molecular weight excluding hydrogens is 254 g/mol. The van der Waals surface area contributed by atoms with E-state index in [4.69, 9.17) is 4.74 Å². The average Bonchev–Trinajstić information content (AvgIpc) is 2.43. The quantitative estimate of drug-likeness (QED) is 0.364.